The molecule has 2 heterocycles. The molecule has 0 unspecified atom stereocenters. The Balaban J connectivity index is 1.81. The molecule has 0 spiro atoms. The summed E-state index contributed by atoms with van der Waals surface area (Å²) in [6.07, 6.45) is 7.62. The van der Waals surface area contributed by atoms with Crippen LogP contribution >= 0.6 is 0 Å². The highest BCUT2D eigenvalue weighted by molar-refractivity contribution is 6.26. The Morgan fingerprint density at radius 2 is 1.90 bits per heavy atom. The third-order valence-corrected chi connectivity index (χ3v) is 9.03. The van der Waals surface area contributed by atoms with E-state index in [0.29, 0.717) is 17.8 Å². The number of aliphatic hydroxyl groups excluding tert-OH is 1. The number of ether oxygens (including phenoxy) is 1. The molecule has 0 bridgehead atoms. The minimum Gasteiger partial charge on any atom is -0.511 e. The molecule has 31 heavy (non-hydrogen) atoms. The van der Waals surface area contributed by atoms with Crippen molar-refractivity contribution in [1.82, 2.24) is 4.90 Å². The number of ketones is 1. The van der Waals surface area contributed by atoms with Gasteiger partial charge in [-0.2, -0.15) is 0 Å². The summed E-state index contributed by atoms with van der Waals surface area (Å²) in [5.41, 5.74) is -0.338. The minimum atomic E-state index is -0.487. The predicted molar refractivity (Wildman–Crippen MR) is 120 cm³/mol. The summed E-state index contributed by atoms with van der Waals surface area (Å²) < 4.78 is 6.01. The van der Waals surface area contributed by atoms with E-state index in [-0.39, 0.29) is 58.4 Å². The number of nitrogens with zero attached hydrogens (tertiary/aromatic N) is 1. The van der Waals surface area contributed by atoms with E-state index in [1.165, 1.54) is 4.90 Å². The van der Waals surface area contributed by atoms with Crippen LogP contribution in [-0.4, -0.2) is 46.5 Å². The van der Waals surface area contributed by atoms with Crippen LogP contribution in [-0.2, 0) is 14.3 Å². The second kappa shape index (κ2) is 7.75. The summed E-state index contributed by atoms with van der Waals surface area (Å²) in [4.78, 5) is 28.1. The fraction of sp³-hybridized carbons (Fsp3) is 0.769. The molecule has 1 saturated carbocycles. The van der Waals surface area contributed by atoms with E-state index in [0.717, 1.165) is 19.3 Å². The Hall–Kier alpha value is -1.62. The molecule has 0 radical (unpaired) electrons. The van der Waals surface area contributed by atoms with Gasteiger partial charge in [-0.1, -0.05) is 46.3 Å². The van der Waals surface area contributed by atoms with Crippen LogP contribution < -0.4 is 0 Å². The molecule has 2 aliphatic carbocycles. The van der Waals surface area contributed by atoms with Crippen molar-refractivity contribution < 1.29 is 19.4 Å². The number of epoxide rings is 1. The third kappa shape index (κ3) is 3.39. The lowest BCUT2D eigenvalue weighted by Crippen LogP contribution is -2.45. The number of carbonyl (C=O) groups excluding carboxylic acids is 2. The minimum absolute atomic E-state index is 0.0160. The summed E-state index contributed by atoms with van der Waals surface area (Å²) in [7, 11) is 1.69. The molecule has 4 rings (SSSR count). The maximum absolute atomic E-state index is 13.4. The van der Waals surface area contributed by atoms with Crippen LogP contribution in [0.3, 0.4) is 0 Å². The molecule has 2 aliphatic heterocycles. The molecule has 10 atom stereocenters. The van der Waals surface area contributed by atoms with Crippen molar-refractivity contribution in [3.8, 4) is 0 Å². The lowest BCUT2D eigenvalue weighted by atomic mass is 9.56. The largest absolute Gasteiger partial charge is 0.511 e. The highest BCUT2D eigenvalue weighted by atomic mass is 16.6. The molecule has 0 aromatic rings. The average Bonchev–Trinajstić information content (AvgIpc) is 3.26. The molecule has 0 aromatic carbocycles. The highest BCUT2D eigenvalue weighted by Gasteiger charge is 2.61. The summed E-state index contributed by atoms with van der Waals surface area (Å²) in [6.45, 7) is 12.7. The van der Waals surface area contributed by atoms with Crippen LogP contribution in [0, 0.1) is 41.4 Å². The van der Waals surface area contributed by atoms with Crippen molar-refractivity contribution >= 4 is 11.7 Å². The van der Waals surface area contributed by atoms with E-state index in [9.17, 15) is 14.7 Å². The number of carbonyl (C=O) groups is 2. The number of fused-ring (bicyclic) bond motifs is 1. The molecular weight excluding hydrogens is 390 g/mol. The van der Waals surface area contributed by atoms with E-state index in [1.54, 1.807) is 7.05 Å². The van der Waals surface area contributed by atoms with Gasteiger partial charge in [0, 0.05) is 18.9 Å². The Labute approximate surface area is 186 Å². The number of rotatable bonds is 4. The lowest BCUT2D eigenvalue weighted by Gasteiger charge is -2.48. The smallest absolute Gasteiger partial charge is 0.261 e. The molecule has 1 N–H and O–H groups in total. The predicted octanol–water partition coefficient (Wildman–Crippen LogP) is 4.53. The van der Waals surface area contributed by atoms with Gasteiger partial charge in [0.25, 0.3) is 5.91 Å². The van der Waals surface area contributed by atoms with E-state index >= 15 is 0 Å². The van der Waals surface area contributed by atoms with Crippen LogP contribution in [0.1, 0.15) is 60.8 Å². The van der Waals surface area contributed by atoms with Crippen LogP contribution in [0.4, 0.5) is 0 Å². The second-order valence-corrected chi connectivity index (χ2v) is 11.0. The molecule has 172 valence electrons. The van der Waals surface area contributed by atoms with Crippen molar-refractivity contribution in [2.45, 2.75) is 78.6 Å². The van der Waals surface area contributed by atoms with Gasteiger partial charge >= 0.3 is 0 Å². The number of aliphatic hydroxyl groups is 1. The van der Waals surface area contributed by atoms with Gasteiger partial charge in [-0.05, 0) is 56.3 Å². The number of hydrogen-bond donors (Lipinski definition) is 1. The Morgan fingerprint density at radius 1 is 1.26 bits per heavy atom. The summed E-state index contributed by atoms with van der Waals surface area (Å²) in [5.74, 6) is 0.829. The van der Waals surface area contributed by atoms with E-state index in [4.69, 9.17) is 4.74 Å². The standard InChI is InChI=1S/C26H39NO4/c1-8-14(3)22-24(29)21(25(30)27(22)7)23(28)20-18(26(6)16(5)31-26)10-9-17-12-13(2)11-15(4)19(17)20/h9-10,13-20,22,28H,8,11-12H2,1-7H3/b23-21-/t13-,14-,15-,16+,17+,18-,19+,20+,22-,26-/m0/s1. The van der Waals surface area contributed by atoms with Gasteiger partial charge in [-0.15, -0.1) is 0 Å². The van der Waals surface area contributed by atoms with E-state index in [1.807, 2.05) is 13.8 Å². The summed E-state index contributed by atoms with van der Waals surface area (Å²) in [5, 5.41) is 11.7. The van der Waals surface area contributed by atoms with Crippen molar-refractivity contribution in [2.75, 3.05) is 7.05 Å². The Morgan fingerprint density at radius 3 is 2.48 bits per heavy atom. The molecule has 4 aliphatic rings. The summed E-state index contributed by atoms with van der Waals surface area (Å²) in [6, 6.07) is -0.487. The second-order valence-electron chi connectivity index (χ2n) is 11.0. The van der Waals surface area contributed by atoms with E-state index in [2.05, 4.69) is 39.8 Å². The van der Waals surface area contributed by atoms with Crippen molar-refractivity contribution in [3.63, 3.8) is 0 Å². The Bertz CT molecular complexity index is 831. The first-order valence-corrected chi connectivity index (χ1v) is 12.1. The fourth-order valence-corrected chi connectivity index (χ4v) is 6.97. The maximum atomic E-state index is 13.4. The first-order valence-electron chi connectivity index (χ1n) is 12.1. The van der Waals surface area contributed by atoms with Crippen molar-refractivity contribution in [2.24, 2.45) is 41.4 Å². The van der Waals surface area contributed by atoms with Gasteiger partial charge in [-0.3, -0.25) is 9.59 Å². The van der Waals surface area contributed by atoms with Gasteiger partial charge in [0.05, 0.1) is 17.7 Å². The molecule has 0 aromatic heterocycles. The third-order valence-electron chi connectivity index (χ3n) is 9.03. The first kappa shape index (κ1) is 22.6. The van der Waals surface area contributed by atoms with Crippen LogP contribution in [0.5, 0.6) is 0 Å². The molecule has 1 amide bonds. The SMILES string of the molecule is CC[C@H](C)[C@H]1C(=O)/C(=C(/O)[C@H]2[C@H]3[C@H](C=C[C@@H]2[C@@]2(C)O[C@@H]2C)C[C@@H](C)C[C@@H]3C)C(=O)N1C. The monoisotopic (exact) mass is 429 g/mol. The van der Waals surface area contributed by atoms with Gasteiger partial charge in [0.15, 0.2) is 5.78 Å². The van der Waals surface area contributed by atoms with Gasteiger partial charge in [0.1, 0.15) is 11.3 Å². The number of likely N-dealkylation sites (N-methyl/N-ethyl adjacent to an activating group) is 1. The van der Waals surface area contributed by atoms with Crippen molar-refractivity contribution in [1.29, 1.82) is 0 Å². The van der Waals surface area contributed by atoms with Crippen molar-refractivity contribution in [3.05, 3.63) is 23.5 Å². The van der Waals surface area contributed by atoms with Crippen LogP contribution in [0.15, 0.2) is 23.5 Å². The average molecular weight is 430 g/mol. The van der Waals surface area contributed by atoms with Gasteiger partial charge in [-0.25, -0.2) is 0 Å². The number of likely N-dealkylation sites (tertiary alicyclic amines) is 1. The molecule has 5 nitrogen and oxygen atoms in total. The number of hydrogen-bond acceptors (Lipinski definition) is 4. The number of amides is 1. The molecule has 3 fully saturated rings. The normalized spacial score (nSPS) is 47.4. The fourth-order valence-electron chi connectivity index (χ4n) is 6.97. The zero-order chi connectivity index (χ0) is 22.8. The molecule has 2 saturated heterocycles. The molecular formula is C26H39NO4. The Kier molecular flexibility index (Phi) is 5.65. The highest BCUT2D eigenvalue weighted by Crippen LogP contribution is 2.57. The zero-order valence-corrected chi connectivity index (χ0v) is 20.1. The lowest BCUT2D eigenvalue weighted by molar-refractivity contribution is -0.126. The number of allylic oxidation sites excluding steroid dienone is 2. The summed E-state index contributed by atoms with van der Waals surface area (Å²) >= 11 is 0. The number of Topliss-reactive ketones (excluding diaryl/α,β-unsaturated/α-hetero) is 1. The van der Waals surface area contributed by atoms with Crippen LogP contribution in [0.2, 0.25) is 0 Å². The molecule has 5 heteroatoms. The van der Waals surface area contributed by atoms with Crippen LogP contribution in [0.25, 0.3) is 0 Å². The van der Waals surface area contributed by atoms with Gasteiger partial charge in [0.2, 0.25) is 0 Å². The quantitative estimate of drug-likeness (QED) is 0.234. The topological polar surface area (TPSA) is 70.1 Å². The van der Waals surface area contributed by atoms with E-state index < -0.39 is 6.04 Å². The maximum Gasteiger partial charge on any atom is 0.261 e. The first-order chi connectivity index (χ1) is 14.5. The zero-order valence-electron chi connectivity index (χ0n) is 20.1. The van der Waals surface area contributed by atoms with Gasteiger partial charge < -0.3 is 14.7 Å².